The van der Waals surface area contributed by atoms with Crippen molar-refractivity contribution in [3.63, 3.8) is 0 Å². The average molecular weight is 300 g/mol. The highest BCUT2D eigenvalue weighted by atomic mass is 16.5. The first-order chi connectivity index (χ1) is 10.6. The molecule has 0 spiro atoms. The second kappa shape index (κ2) is 7.45. The van der Waals surface area contributed by atoms with Crippen molar-refractivity contribution in [1.82, 2.24) is 4.98 Å². The van der Waals surface area contributed by atoms with Gasteiger partial charge in [-0.3, -0.25) is 9.78 Å². The van der Waals surface area contributed by atoms with E-state index in [0.29, 0.717) is 12.1 Å². The molecule has 1 N–H and O–H groups in total. The predicted molar refractivity (Wildman–Crippen MR) is 85.4 cm³/mol. The van der Waals surface area contributed by atoms with Crippen LogP contribution in [-0.4, -0.2) is 25.1 Å². The molecule has 22 heavy (non-hydrogen) atoms. The maximum absolute atomic E-state index is 12.1. The topological polar surface area (TPSA) is 60.5 Å². The lowest BCUT2D eigenvalue weighted by molar-refractivity contribution is -0.116. The van der Waals surface area contributed by atoms with Gasteiger partial charge in [-0.2, -0.15) is 0 Å². The molecule has 116 valence electrons. The van der Waals surface area contributed by atoms with Crippen molar-refractivity contribution in [2.45, 2.75) is 19.3 Å². The van der Waals surface area contributed by atoms with Crippen molar-refractivity contribution >= 4 is 11.6 Å². The highest BCUT2D eigenvalue weighted by Gasteiger charge is 2.16. The van der Waals surface area contributed by atoms with E-state index in [4.69, 9.17) is 9.47 Å². The number of benzene rings is 1. The van der Waals surface area contributed by atoms with Crippen molar-refractivity contribution in [3.8, 4) is 11.5 Å². The highest BCUT2D eigenvalue weighted by Crippen LogP contribution is 2.32. The van der Waals surface area contributed by atoms with Gasteiger partial charge in [-0.05, 0) is 29.7 Å². The summed E-state index contributed by atoms with van der Waals surface area (Å²) in [6.45, 7) is 1.99. The number of ether oxygens (including phenoxy) is 2. The van der Waals surface area contributed by atoms with Gasteiger partial charge < -0.3 is 14.8 Å². The van der Waals surface area contributed by atoms with Crippen LogP contribution in [0.5, 0.6) is 11.5 Å². The molecule has 5 heteroatoms. The molecule has 0 saturated heterocycles. The van der Waals surface area contributed by atoms with Crippen LogP contribution in [0.4, 0.5) is 5.69 Å². The van der Waals surface area contributed by atoms with Crippen molar-refractivity contribution in [3.05, 3.63) is 48.3 Å². The van der Waals surface area contributed by atoms with Crippen molar-refractivity contribution in [2.24, 2.45) is 0 Å². The lowest BCUT2D eigenvalue weighted by Crippen LogP contribution is -2.14. The third kappa shape index (κ3) is 3.97. The van der Waals surface area contributed by atoms with E-state index >= 15 is 0 Å². The Labute approximate surface area is 130 Å². The van der Waals surface area contributed by atoms with Gasteiger partial charge in [0.1, 0.15) is 11.5 Å². The maximum atomic E-state index is 12.1. The van der Waals surface area contributed by atoms with Gasteiger partial charge in [0.25, 0.3) is 0 Å². The van der Waals surface area contributed by atoms with Crippen LogP contribution in [0.2, 0.25) is 0 Å². The van der Waals surface area contributed by atoms with E-state index in [1.165, 1.54) is 0 Å². The summed E-state index contributed by atoms with van der Waals surface area (Å²) in [6.07, 6.45) is 3.65. The zero-order chi connectivity index (χ0) is 15.9. The number of hydrogen-bond donors (Lipinski definition) is 1. The van der Waals surface area contributed by atoms with Crippen LogP contribution >= 0.6 is 0 Å². The standard InChI is InChI=1S/C17H20N2O3/c1-12(9-17(20)19-13-5-4-8-18-11-13)15-7-6-14(21-2)10-16(15)22-3/h4-8,10-12H,9H2,1-3H3,(H,19,20). The molecule has 1 atom stereocenters. The van der Waals surface area contributed by atoms with Gasteiger partial charge in [0.2, 0.25) is 5.91 Å². The molecule has 1 aromatic heterocycles. The fraction of sp³-hybridized carbons (Fsp3) is 0.294. The third-order valence-electron chi connectivity index (χ3n) is 3.41. The maximum Gasteiger partial charge on any atom is 0.225 e. The normalized spacial score (nSPS) is 11.6. The van der Waals surface area contributed by atoms with Gasteiger partial charge in [0.15, 0.2) is 0 Å². The smallest absolute Gasteiger partial charge is 0.225 e. The van der Waals surface area contributed by atoms with E-state index in [2.05, 4.69) is 10.3 Å². The number of carbonyl (C=O) groups is 1. The minimum absolute atomic E-state index is 0.0255. The first-order valence-corrected chi connectivity index (χ1v) is 7.06. The van der Waals surface area contributed by atoms with Gasteiger partial charge in [-0.15, -0.1) is 0 Å². The Morgan fingerprint density at radius 3 is 2.73 bits per heavy atom. The molecule has 5 nitrogen and oxygen atoms in total. The Morgan fingerprint density at radius 1 is 1.27 bits per heavy atom. The monoisotopic (exact) mass is 300 g/mol. The van der Waals surface area contributed by atoms with Crippen LogP contribution in [0.3, 0.4) is 0 Å². The molecule has 2 aromatic rings. The molecular weight excluding hydrogens is 280 g/mol. The van der Waals surface area contributed by atoms with Crippen molar-refractivity contribution < 1.29 is 14.3 Å². The molecule has 0 fully saturated rings. The molecule has 1 aromatic carbocycles. The zero-order valence-electron chi connectivity index (χ0n) is 13.0. The van der Waals surface area contributed by atoms with Crippen LogP contribution in [0, 0.1) is 0 Å². The summed E-state index contributed by atoms with van der Waals surface area (Å²) in [4.78, 5) is 16.1. The summed E-state index contributed by atoms with van der Waals surface area (Å²) in [6, 6.07) is 9.22. The number of nitrogens with one attached hydrogen (secondary N) is 1. The molecule has 2 rings (SSSR count). The number of rotatable bonds is 6. The van der Waals surface area contributed by atoms with Crippen LogP contribution in [0.25, 0.3) is 0 Å². The van der Waals surface area contributed by atoms with E-state index < -0.39 is 0 Å². The first kappa shape index (κ1) is 15.8. The summed E-state index contributed by atoms with van der Waals surface area (Å²) in [5.74, 6) is 1.42. The molecular formula is C17H20N2O3. The molecule has 0 aliphatic rings. The lowest BCUT2D eigenvalue weighted by atomic mass is 9.96. The first-order valence-electron chi connectivity index (χ1n) is 7.06. The lowest BCUT2D eigenvalue weighted by Gasteiger charge is -2.16. The summed E-state index contributed by atoms with van der Waals surface area (Å²) in [5.41, 5.74) is 1.67. The number of anilines is 1. The number of nitrogens with zero attached hydrogens (tertiary/aromatic N) is 1. The molecule has 0 saturated carbocycles. The number of aromatic nitrogens is 1. The number of methoxy groups -OCH3 is 2. The quantitative estimate of drug-likeness (QED) is 0.889. The molecule has 1 unspecified atom stereocenters. The van der Waals surface area contributed by atoms with Crippen LogP contribution in [0.15, 0.2) is 42.7 Å². The van der Waals surface area contributed by atoms with Crippen LogP contribution < -0.4 is 14.8 Å². The SMILES string of the molecule is COc1ccc(C(C)CC(=O)Nc2cccnc2)c(OC)c1. The van der Waals surface area contributed by atoms with Gasteiger partial charge in [-0.1, -0.05) is 13.0 Å². The molecule has 0 aliphatic carbocycles. The van der Waals surface area contributed by atoms with Crippen LogP contribution in [-0.2, 0) is 4.79 Å². The second-order valence-electron chi connectivity index (χ2n) is 5.00. The Morgan fingerprint density at radius 2 is 2.09 bits per heavy atom. The minimum Gasteiger partial charge on any atom is -0.497 e. The minimum atomic E-state index is -0.0571. The third-order valence-corrected chi connectivity index (χ3v) is 3.41. The molecule has 0 radical (unpaired) electrons. The van der Waals surface area contributed by atoms with E-state index in [1.54, 1.807) is 32.7 Å². The summed E-state index contributed by atoms with van der Waals surface area (Å²) in [7, 11) is 3.22. The van der Waals surface area contributed by atoms with Gasteiger partial charge in [-0.25, -0.2) is 0 Å². The second-order valence-corrected chi connectivity index (χ2v) is 5.00. The summed E-state index contributed by atoms with van der Waals surface area (Å²) < 4.78 is 10.6. The number of hydrogen-bond acceptors (Lipinski definition) is 4. The summed E-state index contributed by atoms with van der Waals surface area (Å²) >= 11 is 0. The zero-order valence-corrected chi connectivity index (χ0v) is 13.0. The Kier molecular flexibility index (Phi) is 5.36. The predicted octanol–water partition coefficient (Wildman–Crippen LogP) is 3.23. The number of carbonyl (C=O) groups excluding carboxylic acids is 1. The molecule has 0 bridgehead atoms. The van der Waals surface area contributed by atoms with Gasteiger partial charge in [0, 0.05) is 18.7 Å². The average Bonchev–Trinajstić information content (AvgIpc) is 2.54. The van der Waals surface area contributed by atoms with E-state index in [0.717, 1.165) is 17.1 Å². The van der Waals surface area contributed by atoms with E-state index in [-0.39, 0.29) is 11.8 Å². The Bertz CT molecular complexity index is 629. The van der Waals surface area contributed by atoms with Crippen molar-refractivity contribution in [2.75, 3.05) is 19.5 Å². The van der Waals surface area contributed by atoms with Crippen LogP contribution in [0.1, 0.15) is 24.8 Å². The largest absolute Gasteiger partial charge is 0.497 e. The van der Waals surface area contributed by atoms with E-state index in [1.807, 2.05) is 31.2 Å². The fourth-order valence-corrected chi connectivity index (χ4v) is 2.26. The number of amides is 1. The fourth-order valence-electron chi connectivity index (χ4n) is 2.26. The highest BCUT2D eigenvalue weighted by molar-refractivity contribution is 5.91. The Hall–Kier alpha value is -2.56. The molecule has 1 amide bonds. The molecule has 1 heterocycles. The van der Waals surface area contributed by atoms with Gasteiger partial charge >= 0.3 is 0 Å². The van der Waals surface area contributed by atoms with Gasteiger partial charge in [0.05, 0.1) is 26.1 Å². The van der Waals surface area contributed by atoms with Crippen molar-refractivity contribution in [1.29, 1.82) is 0 Å². The van der Waals surface area contributed by atoms with E-state index in [9.17, 15) is 4.79 Å². The molecule has 0 aliphatic heterocycles. The summed E-state index contributed by atoms with van der Waals surface area (Å²) in [5, 5.41) is 2.84. The number of pyridine rings is 1. The Balaban J connectivity index is 2.05.